The van der Waals surface area contributed by atoms with Gasteiger partial charge in [0.15, 0.2) is 9.84 Å². The molecule has 5 nitrogen and oxygen atoms in total. The Morgan fingerprint density at radius 2 is 1.62 bits per heavy atom. The highest BCUT2D eigenvalue weighted by atomic mass is 32.2. The maximum Gasteiger partial charge on any atom is 0.179 e. The number of hydrogen-bond donors (Lipinski definition) is 2. The molecule has 0 saturated heterocycles. The molecule has 3 rings (SSSR count). The van der Waals surface area contributed by atoms with Crippen molar-refractivity contribution in [3.63, 3.8) is 0 Å². The van der Waals surface area contributed by atoms with E-state index in [9.17, 15) is 13.5 Å². The topological polar surface area (TPSA) is 83.6 Å². The van der Waals surface area contributed by atoms with Gasteiger partial charge in [-0.05, 0) is 54.3 Å². The Kier molecular flexibility index (Phi) is 7.56. The molecule has 2 aromatic rings. The van der Waals surface area contributed by atoms with Crippen LogP contribution in [0.25, 0.3) is 0 Å². The van der Waals surface area contributed by atoms with Crippen LogP contribution in [0.2, 0.25) is 0 Å². The zero-order chi connectivity index (χ0) is 23.5. The number of unbranched alkanes of at least 4 members (excludes halogenated alkanes) is 2. The fraction of sp³-hybridized carbons (Fsp3) is 0.538. The number of anilines is 2. The average Bonchev–Trinajstić information content (AvgIpc) is 2.83. The van der Waals surface area contributed by atoms with E-state index in [2.05, 4.69) is 13.8 Å². The molecule has 32 heavy (non-hydrogen) atoms. The van der Waals surface area contributed by atoms with Gasteiger partial charge in [0.2, 0.25) is 0 Å². The lowest BCUT2D eigenvalue weighted by Gasteiger charge is -2.40. The van der Waals surface area contributed by atoms with Gasteiger partial charge in [-0.2, -0.15) is 0 Å². The van der Waals surface area contributed by atoms with Crippen LogP contribution in [0.5, 0.6) is 0 Å². The monoisotopic (exact) mass is 458 g/mol. The second kappa shape index (κ2) is 9.84. The van der Waals surface area contributed by atoms with E-state index in [1.165, 1.54) is 0 Å². The molecule has 0 saturated carbocycles. The minimum atomic E-state index is -3.57. The highest BCUT2D eigenvalue weighted by Gasteiger charge is 2.49. The molecule has 0 amide bonds. The maximum atomic E-state index is 13.7. The number of rotatable bonds is 8. The minimum Gasteiger partial charge on any atom is -0.399 e. The van der Waals surface area contributed by atoms with E-state index in [1.54, 1.807) is 6.07 Å². The van der Waals surface area contributed by atoms with Gasteiger partial charge < -0.3 is 15.7 Å². The quantitative estimate of drug-likeness (QED) is 0.545. The van der Waals surface area contributed by atoms with E-state index in [1.807, 2.05) is 55.4 Å². The fourth-order valence-electron chi connectivity index (χ4n) is 5.09. The largest absolute Gasteiger partial charge is 0.399 e. The Morgan fingerprint density at radius 3 is 2.16 bits per heavy atom. The van der Waals surface area contributed by atoms with Crippen molar-refractivity contribution in [2.75, 3.05) is 30.5 Å². The van der Waals surface area contributed by atoms with Gasteiger partial charge in [0.25, 0.3) is 0 Å². The number of nitrogens with zero attached hydrogens (tertiary/aromatic N) is 1. The first-order valence-corrected chi connectivity index (χ1v) is 13.4. The molecule has 1 heterocycles. The van der Waals surface area contributed by atoms with Crippen LogP contribution in [-0.4, -0.2) is 39.5 Å². The highest BCUT2D eigenvalue weighted by Crippen LogP contribution is 2.50. The number of aliphatic hydroxyl groups is 1. The highest BCUT2D eigenvalue weighted by molar-refractivity contribution is 7.91. The van der Waals surface area contributed by atoms with Crippen LogP contribution in [0.4, 0.5) is 11.4 Å². The number of nitrogens with two attached hydrogens (primary N) is 1. The zero-order valence-corrected chi connectivity index (χ0v) is 20.7. The zero-order valence-electron chi connectivity index (χ0n) is 19.8. The lowest BCUT2D eigenvalue weighted by Crippen LogP contribution is -2.43. The van der Waals surface area contributed by atoms with Gasteiger partial charge in [0, 0.05) is 36.8 Å². The smallest absolute Gasteiger partial charge is 0.179 e. The van der Waals surface area contributed by atoms with Crippen molar-refractivity contribution >= 4 is 21.2 Å². The van der Waals surface area contributed by atoms with Crippen LogP contribution in [0, 0.1) is 5.41 Å². The third-order valence-corrected chi connectivity index (χ3v) is 8.95. The standard InChI is InChI=1S/C26H38N2O3S/c1-5-7-15-26(16-8-6-2)18-32(30,31)23-14-13-21(28(3)4)17-22(23)24(25(26)29)19-9-11-20(27)12-10-19/h9-14,17,24-25,29H,5-8,15-16,18,27H2,1-4H3. The third kappa shape index (κ3) is 4.81. The van der Waals surface area contributed by atoms with E-state index in [0.717, 1.165) is 36.9 Å². The molecule has 3 N–H and O–H groups in total. The Hall–Kier alpha value is -2.05. The first-order chi connectivity index (χ1) is 15.1. The van der Waals surface area contributed by atoms with Gasteiger partial charge in [-0.1, -0.05) is 51.7 Å². The molecule has 176 valence electrons. The molecular formula is C26H38N2O3S. The average molecular weight is 459 g/mol. The van der Waals surface area contributed by atoms with Crippen molar-refractivity contribution in [1.82, 2.24) is 0 Å². The number of nitrogen functional groups attached to an aromatic ring is 1. The number of benzene rings is 2. The SMILES string of the molecule is CCCCC1(CCCC)CS(=O)(=O)c2ccc(N(C)C)cc2C(c2ccc(N)cc2)C1O. The molecule has 1 aliphatic heterocycles. The summed E-state index contributed by atoms with van der Waals surface area (Å²) in [6.07, 6.45) is 4.30. The summed E-state index contributed by atoms with van der Waals surface area (Å²) < 4.78 is 27.5. The molecule has 0 fully saturated rings. The second-order valence-electron chi connectivity index (χ2n) is 9.53. The van der Waals surface area contributed by atoms with E-state index in [0.29, 0.717) is 29.0 Å². The predicted octanol–water partition coefficient (Wildman–Crippen LogP) is 4.98. The van der Waals surface area contributed by atoms with Crippen LogP contribution in [0.1, 0.15) is 69.4 Å². The molecule has 6 heteroatoms. The van der Waals surface area contributed by atoms with E-state index >= 15 is 0 Å². The molecule has 2 aromatic carbocycles. The summed E-state index contributed by atoms with van der Waals surface area (Å²) in [5, 5.41) is 12.0. The Labute approximate surface area is 193 Å². The Morgan fingerprint density at radius 1 is 1.03 bits per heavy atom. The molecule has 2 unspecified atom stereocenters. The first-order valence-electron chi connectivity index (χ1n) is 11.7. The second-order valence-corrected chi connectivity index (χ2v) is 11.5. The first kappa shape index (κ1) is 24.6. The molecule has 0 bridgehead atoms. The number of aliphatic hydroxyl groups excluding tert-OH is 1. The van der Waals surface area contributed by atoms with Crippen LogP contribution < -0.4 is 10.6 Å². The summed E-state index contributed by atoms with van der Waals surface area (Å²) in [6, 6.07) is 13.0. The summed E-state index contributed by atoms with van der Waals surface area (Å²) in [4.78, 5) is 2.31. The number of sulfone groups is 1. The summed E-state index contributed by atoms with van der Waals surface area (Å²) in [5.41, 5.74) is 8.41. The summed E-state index contributed by atoms with van der Waals surface area (Å²) in [6.45, 7) is 4.22. The van der Waals surface area contributed by atoms with Gasteiger partial charge in [0.1, 0.15) is 0 Å². The van der Waals surface area contributed by atoms with Gasteiger partial charge in [0.05, 0.1) is 16.8 Å². The van der Waals surface area contributed by atoms with Gasteiger partial charge in [-0.3, -0.25) is 0 Å². The maximum absolute atomic E-state index is 13.7. The van der Waals surface area contributed by atoms with Crippen molar-refractivity contribution in [3.05, 3.63) is 53.6 Å². The molecule has 0 radical (unpaired) electrons. The normalized spacial score (nSPS) is 21.5. The van der Waals surface area contributed by atoms with Gasteiger partial charge in [-0.25, -0.2) is 8.42 Å². The van der Waals surface area contributed by atoms with Crippen LogP contribution in [0.15, 0.2) is 47.4 Å². The van der Waals surface area contributed by atoms with Crippen molar-refractivity contribution in [2.24, 2.45) is 5.41 Å². The molecule has 1 aliphatic rings. The van der Waals surface area contributed by atoms with Gasteiger partial charge in [-0.15, -0.1) is 0 Å². The summed E-state index contributed by atoms with van der Waals surface area (Å²) in [5.74, 6) is -0.447. The Bertz CT molecular complexity index is 1010. The van der Waals surface area contributed by atoms with Crippen LogP contribution in [-0.2, 0) is 9.84 Å². The molecule has 2 atom stereocenters. The van der Waals surface area contributed by atoms with Crippen molar-refractivity contribution < 1.29 is 13.5 Å². The van der Waals surface area contributed by atoms with Crippen molar-refractivity contribution in [3.8, 4) is 0 Å². The van der Waals surface area contributed by atoms with Crippen LogP contribution in [0.3, 0.4) is 0 Å². The summed E-state index contributed by atoms with van der Waals surface area (Å²) in [7, 11) is 0.303. The minimum absolute atomic E-state index is 0.0129. The van der Waals surface area contributed by atoms with Crippen molar-refractivity contribution in [2.45, 2.75) is 69.3 Å². The van der Waals surface area contributed by atoms with E-state index < -0.39 is 27.3 Å². The molecule has 0 spiro atoms. The fourth-order valence-corrected chi connectivity index (χ4v) is 7.29. The van der Waals surface area contributed by atoms with Gasteiger partial charge >= 0.3 is 0 Å². The number of hydrogen-bond acceptors (Lipinski definition) is 5. The lowest BCUT2D eigenvalue weighted by molar-refractivity contribution is 0.0127. The van der Waals surface area contributed by atoms with Crippen LogP contribution >= 0.6 is 0 Å². The van der Waals surface area contributed by atoms with E-state index in [-0.39, 0.29) is 5.75 Å². The van der Waals surface area contributed by atoms with E-state index in [4.69, 9.17) is 5.73 Å². The Balaban J connectivity index is 2.30. The summed E-state index contributed by atoms with van der Waals surface area (Å²) >= 11 is 0. The number of fused-ring (bicyclic) bond motifs is 1. The molecule has 0 aromatic heterocycles. The predicted molar refractivity (Wildman–Crippen MR) is 133 cm³/mol. The van der Waals surface area contributed by atoms with Crippen molar-refractivity contribution in [1.29, 1.82) is 0 Å². The molecule has 0 aliphatic carbocycles. The molecular weight excluding hydrogens is 420 g/mol. The third-order valence-electron chi connectivity index (χ3n) is 6.95. The lowest BCUT2D eigenvalue weighted by atomic mass is 9.68.